The molecule has 0 spiro atoms. The molecule has 22 heavy (non-hydrogen) atoms. The van der Waals surface area contributed by atoms with E-state index in [1.165, 1.54) is 19.3 Å². The molecule has 0 aromatic heterocycles. The molecule has 1 aliphatic carbocycles. The van der Waals surface area contributed by atoms with Crippen LogP contribution in [0.15, 0.2) is 0 Å². The fourth-order valence-electron chi connectivity index (χ4n) is 4.10. The number of morpholine rings is 1. The minimum absolute atomic E-state index is 0.00513. The maximum absolute atomic E-state index is 12.5. The molecule has 0 unspecified atom stereocenters. The van der Waals surface area contributed by atoms with Gasteiger partial charge in [0.1, 0.15) is 0 Å². The Morgan fingerprint density at radius 2 is 1.55 bits per heavy atom. The van der Waals surface area contributed by atoms with E-state index in [1.807, 2.05) is 0 Å². The Morgan fingerprint density at radius 3 is 2.18 bits per heavy atom. The highest BCUT2D eigenvalue weighted by Gasteiger charge is 2.40. The van der Waals surface area contributed by atoms with Crippen molar-refractivity contribution < 1.29 is 13.2 Å². The summed E-state index contributed by atoms with van der Waals surface area (Å²) in [5.41, 5.74) is -0.00513. The van der Waals surface area contributed by atoms with E-state index >= 15 is 0 Å². The second-order valence-electron chi connectivity index (χ2n) is 6.82. The first kappa shape index (κ1) is 16.6. The molecule has 2 heterocycles. The Bertz CT molecular complexity index is 451. The van der Waals surface area contributed by atoms with Gasteiger partial charge in [0, 0.05) is 38.3 Å². The second kappa shape index (κ2) is 7.13. The summed E-state index contributed by atoms with van der Waals surface area (Å²) < 4.78 is 34.9. The van der Waals surface area contributed by atoms with Crippen LogP contribution in [0.3, 0.4) is 0 Å². The Labute approximate surface area is 134 Å². The molecule has 0 bridgehead atoms. The van der Waals surface area contributed by atoms with Crippen LogP contribution < -0.4 is 4.72 Å². The van der Waals surface area contributed by atoms with Gasteiger partial charge in [-0.05, 0) is 25.7 Å². The molecular weight excluding hydrogens is 302 g/mol. The molecule has 7 heteroatoms. The molecule has 2 saturated heterocycles. The number of ether oxygens (including phenoxy) is 1. The second-order valence-corrected chi connectivity index (χ2v) is 8.57. The van der Waals surface area contributed by atoms with Crippen molar-refractivity contribution in [1.82, 2.24) is 13.9 Å². The third-order valence-electron chi connectivity index (χ3n) is 5.45. The highest BCUT2D eigenvalue weighted by Crippen LogP contribution is 2.34. The Morgan fingerprint density at radius 1 is 0.909 bits per heavy atom. The Hall–Kier alpha value is -0.210. The third kappa shape index (κ3) is 3.64. The lowest BCUT2D eigenvalue weighted by atomic mass is 9.80. The van der Waals surface area contributed by atoms with Crippen LogP contribution in [0.1, 0.15) is 44.9 Å². The molecule has 0 atom stereocenters. The number of nitrogens with zero attached hydrogens (tertiary/aromatic N) is 2. The predicted octanol–water partition coefficient (Wildman–Crippen LogP) is 0.952. The smallest absolute Gasteiger partial charge is 0.279 e. The Kier molecular flexibility index (Phi) is 5.39. The molecule has 1 N–H and O–H groups in total. The van der Waals surface area contributed by atoms with Gasteiger partial charge in [-0.2, -0.15) is 12.7 Å². The fourth-order valence-corrected chi connectivity index (χ4v) is 5.47. The van der Waals surface area contributed by atoms with E-state index in [2.05, 4.69) is 9.62 Å². The van der Waals surface area contributed by atoms with Gasteiger partial charge in [-0.3, -0.25) is 4.90 Å². The van der Waals surface area contributed by atoms with Crippen LogP contribution in [0.2, 0.25) is 0 Å². The average Bonchev–Trinajstić information content (AvgIpc) is 3.10. The summed E-state index contributed by atoms with van der Waals surface area (Å²) in [6, 6.07) is 0. The summed E-state index contributed by atoms with van der Waals surface area (Å²) in [4.78, 5) is 2.47. The first-order chi connectivity index (χ1) is 10.6. The van der Waals surface area contributed by atoms with E-state index in [0.29, 0.717) is 19.6 Å². The number of nitrogens with one attached hydrogen (secondary N) is 1. The molecule has 0 aromatic rings. The topological polar surface area (TPSA) is 61.9 Å². The van der Waals surface area contributed by atoms with Gasteiger partial charge in [0.15, 0.2) is 0 Å². The van der Waals surface area contributed by atoms with Gasteiger partial charge in [0.25, 0.3) is 10.2 Å². The largest absolute Gasteiger partial charge is 0.379 e. The molecule has 2 aliphatic heterocycles. The maximum Gasteiger partial charge on any atom is 0.279 e. The van der Waals surface area contributed by atoms with E-state index in [1.54, 1.807) is 4.31 Å². The van der Waals surface area contributed by atoms with Crippen molar-refractivity contribution in [3.63, 3.8) is 0 Å². The summed E-state index contributed by atoms with van der Waals surface area (Å²) in [6.07, 6.45) is 7.81. The van der Waals surface area contributed by atoms with Crippen LogP contribution in [-0.4, -0.2) is 69.1 Å². The van der Waals surface area contributed by atoms with Crippen LogP contribution in [0.5, 0.6) is 0 Å². The van der Waals surface area contributed by atoms with Crippen molar-refractivity contribution in [2.24, 2.45) is 0 Å². The van der Waals surface area contributed by atoms with Crippen LogP contribution in [0.25, 0.3) is 0 Å². The van der Waals surface area contributed by atoms with Gasteiger partial charge >= 0.3 is 0 Å². The van der Waals surface area contributed by atoms with Crippen molar-refractivity contribution in [3.05, 3.63) is 0 Å². The van der Waals surface area contributed by atoms with Gasteiger partial charge < -0.3 is 4.74 Å². The average molecular weight is 331 g/mol. The van der Waals surface area contributed by atoms with Gasteiger partial charge in [-0.25, -0.2) is 4.72 Å². The molecule has 0 amide bonds. The van der Waals surface area contributed by atoms with Crippen LogP contribution in [-0.2, 0) is 14.9 Å². The minimum atomic E-state index is -3.31. The van der Waals surface area contributed by atoms with E-state index < -0.39 is 10.2 Å². The van der Waals surface area contributed by atoms with Crippen molar-refractivity contribution in [1.29, 1.82) is 0 Å². The molecule has 128 valence electrons. The Balaban J connectivity index is 1.67. The lowest BCUT2D eigenvalue weighted by molar-refractivity contribution is -0.0349. The number of rotatable bonds is 5. The zero-order valence-electron chi connectivity index (χ0n) is 13.4. The van der Waals surface area contributed by atoms with E-state index in [0.717, 1.165) is 52.0 Å². The normalized spacial score (nSPS) is 28.0. The quantitative estimate of drug-likeness (QED) is 0.815. The monoisotopic (exact) mass is 331 g/mol. The minimum Gasteiger partial charge on any atom is -0.379 e. The first-order valence-corrected chi connectivity index (χ1v) is 10.1. The van der Waals surface area contributed by atoms with E-state index in [4.69, 9.17) is 4.74 Å². The molecule has 0 radical (unpaired) electrons. The maximum atomic E-state index is 12.5. The SMILES string of the molecule is O=S(=O)(NCC1(N2CCOCC2)CCCCC1)N1CCCC1. The molecular formula is C15H29N3O3S. The summed E-state index contributed by atoms with van der Waals surface area (Å²) in [5, 5.41) is 0. The molecule has 1 saturated carbocycles. The lowest BCUT2D eigenvalue weighted by Gasteiger charge is -2.48. The summed E-state index contributed by atoms with van der Waals surface area (Å²) in [6.45, 7) is 5.25. The highest BCUT2D eigenvalue weighted by molar-refractivity contribution is 7.87. The van der Waals surface area contributed by atoms with Crippen molar-refractivity contribution in [3.8, 4) is 0 Å². The predicted molar refractivity (Wildman–Crippen MR) is 85.9 cm³/mol. The standard InChI is InChI=1S/C15H29N3O3S/c19-22(20,18-8-4-5-9-18)16-14-15(6-2-1-3-7-15)17-10-12-21-13-11-17/h16H,1-14H2. The zero-order chi connectivity index (χ0) is 15.5. The molecule has 3 fully saturated rings. The summed E-state index contributed by atoms with van der Waals surface area (Å²) in [5.74, 6) is 0. The van der Waals surface area contributed by atoms with Gasteiger partial charge in [0.05, 0.1) is 13.2 Å². The van der Waals surface area contributed by atoms with Crippen molar-refractivity contribution in [2.75, 3.05) is 45.9 Å². The number of hydrogen-bond acceptors (Lipinski definition) is 4. The highest BCUT2D eigenvalue weighted by atomic mass is 32.2. The van der Waals surface area contributed by atoms with Gasteiger partial charge in [-0.1, -0.05) is 19.3 Å². The van der Waals surface area contributed by atoms with Crippen LogP contribution in [0, 0.1) is 0 Å². The molecule has 3 rings (SSSR count). The van der Waals surface area contributed by atoms with Gasteiger partial charge in [0.2, 0.25) is 0 Å². The molecule has 0 aromatic carbocycles. The fraction of sp³-hybridized carbons (Fsp3) is 1.00. The summed E-state index contributed by atoms with van der Waals surface area (Å²) >= 11 is 0. The van der Waals surface area contributed by atoms with Gasteiger partial charge in [-0.15, -0.1) is 0 Å². The van der Waals surface area contributed by atoms with E-state index in [-0.39, 0.29) is 5.54 Å². The molecule has 3 aliphatic rings. The van der Waals surface area contributed by atoms with Crippen LogP contribution >= 0.6 is 0 Å². The van der Waals surface area contributed by atoms with Crippen LogP contribution in [0.4, 0.5) is 0 Å². The van der Waals surface area contributed by atoms with E-state index in [9.17, 15) is 8.42 Å². The third-order valence-corrected chi connectivity index (χ3v) is 7.01. The first-order valence-electron chi connectivity index (χ1n) is 8.70. The zero-order valence-corrected chi connectivity index (χ0v) is 14.2. The van der Waals surface area contributed by atoms with Crippen molar-refractivity contribution >= 4 is 10.2 Å². The summed E-state index contributed by atoms with van der Waals surface area (Å²) in [7, 11) is -3.31. The lowest BCUT2D eigenvalue weighted by Crippen LogP contribution is -2.60. The number of hydrogen-bond donors (Lipinski definition) is 1. The molecule has 6 nitrogen and oxygen atoms in total. The van der Waals surface area contributed by atoms with Crippen molar-refractivity contribution in [2.45, 2.75) is 50.5 Å².